The van der Waals surface area contributed by atoms with Crippen molar-refractivity contribution in [2.75, 3.05) is 52.4 Å². The van der Waals surface area contributed by atoms with Gasteiger partial charge in [-0.15, -0.1) is 0 Å². The number of phosphoric acid groups is 4. The number of aryl methyl sites for hydroxylation is 4. The van der Waals surface area contributed by atoms with Crippen molar-refractivity contribution in [3.63, 3.8) is 0 Å². The van der Waals surface area contributed by atoms with Gasteiger partial charge in [0.15, 0.2) is 0 Å². The van der Waals surface area contributed by atoms with Gasteiger partial charge in [-0.3, -0.25) is 76.8 Å². The van der Waals surface area contributed by atoms with Crippen LogP contribution in [0.25, 0.3) is 0 Å². The first-order valence-corrected chi connectivity index (χ1v) is 30.1. The molecule has 0 unspecified atom stereocenters. The predicted molar refractivity (Wildman–Crippen MR) is 282 cm³/mol. The van der Waals surface area contributed by atoms with E-state index in [-0.39, 0.29) is 248 Å². The van der Waals surface area contributed by atoms with Crippen LogP contribution in [-0.2, 0) is 125 Å². The maximum absolute atomic E-state index is 11.6. The Balaban J connectivity index is 0. The predicted octanol–water partition coefficient (Wildman–Crippen LogP) is -8.60. The van der Waals surface area contributed by atoms with Crippen molar-refractivity contribution >= 4 is 55.2 Å². The molecule has 0 aliphatic heterocycles. The summed E-state index contributed by atoms with van der Waals surface area (Å²) >= 11 is 0. The van der Waals surface area contributed by atoms with Crippen LogP contribution < -0.4 is 88.7 Å². The molecule has 0 aliphatic carbocycles. The number of rotatable bonds is 34. The maximum Gasteiger partial charge on any atom is 2.00 e. The topological polar surface area (TPSA) is 562 Å². The molecule has 4 rings (SSSR count). The van der Waals surface area contributed by atoms with Crippen LogP contribution in [0, 0.1) is 27.7 Å². The van der Waals surface area contributed by atoms with E-state index in [0.717, 1.165) is 0 Å². The Hall–Kier alpha value is -2.52. The molecular formula is C44H64MnN8Na3O28P4+5. The molecule has 0 amide bonds. The minimum Gasteiger partial charge on any atom is -0.506 e. The number of phosphoric ester groups is 4. The molecule has 0 fully saturated rings. The summed E-state index contributed by atoms with van der Waals surface area (Å²) in [5, 5.41) is 80.3. The van der Waals surface area contributed by atoms with Crippen molar-refractivity contribution in [1.82, 2.24) is 39.5 Å². The van der Waals surface area contributed by atoms with Crippen LogP contribution in [0.5, 0.6) is 23.0 Å². The molecular weight excluding hydrogens is 1340 g/mol. The van der Waals surface area contributed by atoms with Gasteiger partial charge in [-0.2, -0.15) is 0 Å². The Labute approximate surface area is 578 Å². The maximum atomic E-state index is 11.6. The molecule has 0 aliphatic rings. The molecule has 16 N–H and O–H groups in total. The van der Waals surface area contributed by atoms with Crippen LogP contribution >= 0.6 is 31.3 Å². The fraction of sp³-hybridized carbons (Fsp3) is 0.455. The standard InChI is InChI=1S/2C22H32N4O14P2.Mn.3Na/c2*1-13-21(31)17(15(5-23-13)11-39-41(33,34)35)7-25(9-19(27)28)3-4-26(10-20(29)30)8-18-16(12-40-42(36,37)38)6-24-14(2)22(18)32;;;;/h2*5-6,31-32H,3-4,7-12H2,1-2H3,(H,27,28)(H,29,30)(H2,33,34,35)(H2,36,37,38);;;;/q;;+2;3*+1. The van der Waals surface area contributed by atoms with E-state index in [1.54, 1.807) is 0 Å². The molecule has 36 nitrogen and oxygen atoms in total. The smallest absolute Gasteiger partial charge is 0.506 e. The molecule has 4 heterocycles. The number of hydrogen-bond acceptors (Lipinski definition) is 24. The van der Waals surface area contributed by atoms with E-state index in [0.29, 0.717) is 0 Å². The van der Waals surface area contributed by atoms with Gasteiger partial charge in [-0.25, -0.2) is 18.3 Å². The van der Waals surface area contributed by atoms with Crippen LogP contribution in [0.1, 0.15) is 67.3 Å². The number of pyridine rings is 4. The Kier molecular flexibility index (Phi) is 39.7. The van der Waals surface area contributed by atoms with Gasteiger partial charge in [0.1, 0.15) is 23.0 Å². The molecule has 4 aromatic heterocycles. The summed E-state index contributed by atoms with van der Waals surface area (Å²) < 4.78 is 62.8. The summed E-state index contributed by atoms with van der Waals surface area (Å²) in [6.45, 7) is -0.574. The van der Waals surface area contributed by atoms with Gasteiger partial charge in [-0.05, 0) is 27.7 Å². The summed E-state index contributed by atoms with van der Waals surface area (Å²) in [6, 6.07) is 0. The minimum atomic E-state index is -4.89. The van der Waals surface area contributed by atoms with Gasteiger partial charge < -0.3 is 80.0 Å². The summed E-state index contributed by atoms with van der Waals surface area (Å²) in [7, 11) is -19.6. The van der Waals surface area contributed by atoms with Crippen LogP contribution in [0.3, 0.4) is 0 Å². The Bertz CT molecular complexity index is 2790. The van der Waals surface area contributed by atoms with E-state index < -0.39 is 108 Å². The number of aromatic hydroxyl groups is 4. The Morgan fingerprint density at radius 1 is 0.375 bits per heavy atom. The van der Waals surface area contributed by atoms with E-state index in [4.69, 9.17) is 39.1 Å². The molecule has 0 aromatic carbocycles. The fourth-order valence-corrected chi connectivity index (χ4v) is 8.87. The monoisotopic (exact) mass is 1400 g/mol. The Morgan fingerprint density at radius 2 is 0.534 bits per heavy atom. The van der Waals surface area contributed by atoms with Crippen LogP contribution in [-0.4, -0.2) is 196 Å². The zero-order chi connectivity index (χ0) is 63.7. The van der Waals surface area contributed by atoms with E-state index in [1.807, 2.05) is 0 Å². The van der Waals surface area contributed by atoms with E-state index in [2.05, 4.69) is 38.0 Å². The number of carboxylic acid groups (broad SMARTS) is 4. The van der Waals surface area contributed by atoms with Crippen molar-refractivity contribution < 1.29 is 241 Å². The van der Waals surface area contributed by atoms with Gasteiger partial charge in [-0.1, -0.05) is 0 Å². The minimum absolute atomic E-state index is 0. The number of carboxylic acids is 4. The zero-order valence-corrected chi connectivity index (χ0v) is 59.2. The molecule has 44 heteroatoms. The quantitative estimate of drug-likeness (QED) is 0.0153. The summed E-state index contributed by atoms with van der Waals surface area (Å²) in [4.78, 5) is 140. The molecule has 0 bridgehead atoms. The second kappa shape index (κ2) is 39.9. The van der Waals surface area contributed by atoms with Crippen molar-refractivity contribution in [2.45, 2.75) is 80.3 Å². The molecule has 473 valence electrons. The number of aliphatic carboxylic acids is 4. The average molecular weight is 1400 g/mol. The first-order valence-electron chi connectivity index (χ1n) is 23.9. The molecule has 0 spiro atoms. The van der Waals surface area contributed by atoms with E-state index in [9.17, 15) is 78.3 Å². The average Bonchev–Trinajstić information content (AvgIpc) is 2.35. The number of nitrogens with zero attached hydrogens (tertiary/aromatic N) is 8. The van der Waals surface area contributed by atoms with Crippen LogP contribution in [0.4, 0.5) is 0 Å². The van der Waals surface area contributed by atoms with Gasteiger partial charge in [0.25, 0.3) is 0 Å². The second-order valence-corrected chi connectivity index (χ2v) is 23.2. The van der Waals surface area contributed by atoms with Crippen molar-refractivity contribution in [2.24, 2.45) is 0 Å². The first kappa shape index (κ1) is 87.5. The molecule has 0 saturated carbocycles. The molecule has 0 atom stereocenters. The third-order valence-corrected chi connectivity index (χ3v) is 13.6. The zero-order valence-electron chi connectivity index (χ0n) is 48.4. The molecule has 4 aromatic rings. The van der Waals surface area contributed by atoms with Crippen LogP contribution in [0.15, 0.2) is 24.8 Å². The van der Waals surface area contributed by atoms with Gasteiger partial charge in [0, 0.05) is 122 Å². The van der Waals surface area contributed by atoms with Crippen molar-refractivity contribution in [1.29, 1.82) is 0 Å². The van der Waals surface area contributed by atoms with Crippen LogP contribution in [0.2, 0.25) is 0 Å². The fourth-order valence-electron chi connectivity index (χ4n) is 7.64. The number of carbonyl (C=O) groups is 4. The molecule has 88 heavy (non-hydrogen) atoms. The van der Waals surface area contributed by atoms with E-state index >= 15 is 0 Å². The van der Waals surface area contributed by atoms with Crippen molar-refractivity contribution in [3.8, 4) is 23.0 Å². The first-order chi connectivity index (χ1) is 38.7. The third-order valence-electron chi connectivity index (χ3n) is 11.7. The Morgan fingerprint density at radius 3 is 0.670 bits per heavy atom. The summed E-state index contributed by atoms with van der Waals surface area (Å²) in [6.07, 6.45) is 4.86. The van der Waals surface area contributed by atoms with Gasteiger partial charge in [0.05, 0.1) is 75.4 Å². The number of aromatic nitrogens is 4. The van der Waals surface area contributed by atoms with Gasteiger partial charge >= 0.3 is 161 Å². The SMILES string of the molecule is Cc1ncc(COP(=O)(O)O)c(CN(CCN(CC(=O)O)Cc2c(COP(=O)(O)O)cnc(C)c2O)CC(=O)O)c1O.Cc1ncc(COP(=O)(O)O)c(CN(CCN(CC(=O)O)Cc2c(COP(=O)(O)O)cnc(C)c2O)CC(=O)O)c1O.[Mn+2].[Na+].[Na+].[Na+]. The third kappa shape index (κ3) is 32.9. The summed E-state index contributed by atoms with van der Waals surface area (Å²) in [5.41, 5.74) is 1.25. The molecule has 0 saturated heterocycles. The molecule has 1 radical (unpaired) electrons. The largest absolute Gasteiger partial charge is 2.00 e. The number of hydrogen-bond donors (Lipinski definition) is 16. The second-order valence-electron chi connectivity index (χ2n) is 18.3. The van der Waals surface area contributed by atoms with Crippen molar-refractivity contribution in [3.05, 3.63) is 92.1 Å². The van der Waals surface area contributed by atoms with Gasteiger partial charge in [0.2, 0.25) is 0 Å². The summed E-state index contributed by atoms with van der Waals surface area (Å²) in [5.74, 6) is -6.49. The normalized spacial score (nSPS) is 11.7. The van der Waals surface area contributed by atoms with E-state index in [1.165, 1.54) is 72.1 Å².